The van der Waals surface area contributed by atoms with Crippen LogP contribution in [0.4, 0.5) is 0 Å². The third-order valence-corrected chi connectivity index (χ3v) is 4.20. The molecule has 0 unspecified atom stereocenters. The number of benzene rings is 1. The number of fused-ring (bicyclic) bond motifs is 1. The maximum atomic E-state index is 6.04. The summed E-state index contributed by atoms with van der Waals surface area (Å²) in [5.41, 5.74) is 1.15. The van der Waals surface area contributed by atoms with Crippen LogP contribution in [0.3, 0.4) is 0 Å². The lowest BCUT2D eigenvalue weighted by atomic mass is 9.96. The molecule has 1 aromatic rings. The van der Waals surface area contributed by atoms with E-state index in [0.29, 0.717) is 13.2 Å². The summed E-state index contributed by atoms with van der Waals surface area (Å²) in [6.45, 7) is 8.51. The summed E-state index contributed by atoms with van der Waals surface area (Å²) in [5.74, 6) is -0.614. The zero-order valence-electron chi connectivity index (χ0n) is 14.8. The Bertz CT molecular complexity index is 620. The Kier molecular flexibility index (Phi) is 5.86. The zero-order chi connectivity index (χ0) is 17.7. The van der Waals surface area contributed by atoms with Gasteiger partial charge in [-0.3, -0.25) is 0 Å². The molecule has 1 aliphatic carbocycles. The van der Waals surface area contributed by atoms with Gasteiger partial charge >= 0.3 is 0 Å². The Morgan fingerprint density at radius 2 is 1.88 bits per heavy atom. The minimum absolute atomic E-state index is 0.107. The summed E-state index contributed by atoms with van der Waals surface area (Å²) < 4.78 is 23.9. The molecule has 25 heavy (non-hydrogen) atoms. The maximum Gasteiger partial charge on any atom is 0.164 e. The van der Waals surface area contributed by atoms with E-state index in [4.69, 9.17) is 18.9 Å². The molecular formula is C21H26O4. The van der Waals surface area contributed by atoms with E-state index in [1.807, 2.05) is 56.4 Å². The Balaban J connectivity index is 1.62. The number of rotatable bonds is 7. The highest BCUT2D eigenvalue weighted by molar-refractivity contribution is 5.48. The third kappa shape index (κ3) is 4.67. The van der Waals surface area contributed by atoms with Gasteiger partial charge in [0, 0.05) is 0 Å². The molecule has 0 amide bonds. The molecule has 4 nitrogen and oxygen atoms in total. The molecule has 2 aliphatic rings. The molecule has 0 saturated carbocycles. The lowest BCUT2D eigenvalue weighted by Gasteiger charge is -2.33. The van der Waals surface area contributed by atoms with Gasteiger partial charge in [-0.1, -0.05) is 60.7 Å². The molecular weight excluding hydrogens is 316 g/mol. The predicted molar refractivity (Wildman–Crippen MR) is 98.1 cm³/mol. The van der Waals surface area contributed by atoms with Gasteiger partial charge in [0.05, 0.1) is 13.2 Å². The van der Waals surface area contributed by atoms with Gasteiger partial charge in [0.25, 0.3) is 0 Å². The van der Waals surface area contributed by atoms with Crippen LogP contribution >= 0.6 is 0 Å². The fourth-order valence-electron chi connectivity index (χ4n) is 3.17. The van der Waals surface area contributed by atoms with E-state index in [2.05, 4.69) is 18.7 Å². The summed E-state index contributed by atoms with van der Waals surface area (Å²) in [4.78, 5) is 0. The summed E-state index contributed by atoms with van der Waals surface area (Å²) in [6.07, 6.45) is 9.13. The maximum absolute atomic E-state index is 6.04. The van der Waals surface area contributed by atoms with Gasteiger partial charge in [-0.25, -0.2) is 0 Å². The quantitative estimate of drug-likeness (QED) is 0.707. The minimum atomic E-state index is -0.614. The van der Waals surface area contributed by atoms with Crippen LogP contribution in [0.1, 0.15) is 19.4 Å². The second-order valence-corrected chi connectivity index (χ2v) is 6.65. The van der Waals surface area contributed by atoms with E-state index in [-0.39, 0.29) is 24.4 Å². The molecule has 0 spiro atoms. The molecule has 134 valence electrons. The van der Waals surface area contributed by atoms with E-state index in [0.717, 1.165) is 5.56 Å². The van der Waals surface area contributed by atoms with E-state index >= 15 is 0 Å². The zero-order valence-corrected chi connectivity index (χ0v) is 14.8. The van der Waals surface area contributed by atoms with Gasteiger partial charge in [0.15, 0.2) is 5.79 Å². The normalized spacial score (nSPS) is 30.5. The molecule has 3 rings (SSSR count). The van der Waals surface area contributed by atoms with Gasteiger partial charge in [0.1, 0.15) is 24.4 Å². The van der Waals surface area contributed by atoms with Crippen molar-refractivity contribution < 1.29 is 18.9 Å². The van der Waals surface area contributed by atoms with Crippen molar-refractivity contribution in [3.8, 4) is 0 Å². The topological polar surface area (TPSA) is 36.9 Å². The van der Waals surface area contributed by atoms with Crippen LogP contribution in [0.25, 0.3) is 6.08 Å². The first-order valence-electron chi connectivity index (χ1n) is 8.69. The second-order valence-electron chi connectivity index (χ2n) is 6.65. The number of hydrogen-bond acceptors (Lipinski definition) is 4. The van der Waals surface area contributed by atoms with Gasteiger partial charge in [-0.2, -0.15) is 0 Å². The first-order chi connectivity index (χ1) is 12.1. The van der Waals surface area contributed by atoms with E-state index in [1.165, 1.54) is 0 Å². The first-order valence-corrected chi connectivity index (χ1v) is 8.69. The fraction of sp³-hybridized carbons (Fsp3) is 0.429. The van der Waals surface area contributed by atoms with Crippen molar-refractivity contribution in [2.75, 3.05) is 13.2 Å². The van der Waals surface area contributed by atoms with Crippen molar-refractivity contribution in [3.05, 3.63) is 66.8 Å². The van der Waals surface area contributed by atoms with Crippen molar-refractivity contribution in [2.24, 2.45) is 0 Å². The molecule has 1 heterocycles. The monoisotopic (exact) mass is 342 g/mol. The molecule has 0 radical (unpaired) electrons. The molecule has 4 heteroatoms. The Hall–Kier alpha value is -1.72. The van der Waals surface area contributed by atoms with E-state index in [1.54, 1.807) is 6.08 Å². The van der Waals surface area contributed by atoms with Crippen LogP contribution in [0.5, 0.6) is 0 Å². The number of hydrogen-bond donors (Lipinski definition) is 0. The molecule has 1 saturated heterocycles. The highest BCUT2D eigenvalue weighted by Crippen LogP contribution is 2.36. The van der Waals surface area contributed by atoms with Crippen molar-refractivity contribution in [1.82, 2.24) is 0 Å². The van der Waals surface area contributed by atoms with E-state index in [9.17, 15) is 0 Å². The van der Waals surface area contributed by atoms with Crippen LogP contribution in [-0.4, -0.2) is 43.4 Å². The SMILES string of the molecule is C=CCO[C@H]1[C@@H]2OC(C)(C)O[C@@H]2C=C[C@H]1OC/C=C/c1ccccc1. The van der Waals surface area contributed by atoms with Crippen molar-refractivity contribution in [3.63, 3.8) is 0 Å². The molecule has 1 fully saturated rings. The Morgan fingerprint density at radius 3 is 2.64 bits per heavy atom. The lowest BCUT2D eigenvalue weighted by Crippen LogP contribution is -2.48. The Labute approximate surface area is 149 Å². The Morgan fingerprint density at radius 1 is 1.08 bits per heavy atom. The molecule has 1 aliphatic heterocycles. The summed E-state index contributed by atoms with van der Waals surface area (Å²) in [7, 11) is 0. The fourth-order valence-corrected chi connectivity index (χ4v) is 3.17. The number of ether oxygens (including phenoxy) is 4. The first kappa shape index (κ1) is 18.1. The van der Waals surface area contributed by atoms with Crippen LogP contribution in [0.2, 0.25) is 0 Å². The molecule has 1 aromatic carbocycles. The summed E-state index contributed by atoms with van der Waals surface area (Å²) in [6, 6.07) is 10.2. The molecule has 4 atom stereocenters. The van der Waals surface area contributed by atoms with E-state index < -0.39 is 5.79 Å². The van der Waals surface area contributed by atoms with Crippen molar-refractivity contribution in [1.29, 1.82) is 0 Å². The highest BCUT2D eigenvalue weighted by atomic mass is 16.8. The predicted octanol–water partition coefficient (Wildman–Crippen LogP) is 3.75. The molecule has 0 aromatic heterocycles. The largest absolute Gasteiger partial charge is 0.368 e. The highest BCUT2D eigenvalue weighted by Gasteiger charge is 2.48. The van der Waals surface area contributed by atoms with Gasteiger partial charge in [0.2, 0.25) is 0 Å². The van der Waals surface area contributed by atoms with Gasteiger partial charge < -0.3 is 18.9 Å². The lowest BCUT2D eigenvalue weighted by molar-refractivity contribution is -0.167. The average molecular weight is 342 g/mol. The van der Waals surface area contributed by atoms with Crippen LogP contribution in [-0.2, 0) is 18.9 Å². The third-order valence-electron chi connectivity index (χ3n) is 4.20. The standard InChI is InChI=1S/C21H26O4/c1-4-14-23-19-17(12-13-18-20(19)25-21(2,3)24-18)22-15-8-11-16-9-6-5-7-10-16/h4-13,17-20H,1,14-15H2,2-3H3/b11-8+/t17-,18-,19-,20-/m1/s1. The smallest absolute Gasteiger partial charge is 0.164 e. The molecule has 0 bridgehead atoms. The average Bonchev–Trinajstić information content (AvgIpc) is 2.92. The minimum Gasteiger partial charge on any atom is -0.368 e. The van der Waals surface area contributed by atoms with Crippen molar-refractivity contribution >= 4 is 6.08 Å². The summed E-state index contributed by atoms with van der Waals surface area (Å²) >= 11 is 0. The van der Waals surface area contributed by atoms with Gasteiger partial charge in [-0.15, -0.1) is 6.58 Å². The molecule has 0 N–H and O–H groups in total. The van der Waals surface area contributed by atoms with Crippen LogP contribution in [0, 0.1) is 0 Å². The second kappa shape index (κ2) is 8.11. The van der Waals surface area contributed by atoms with Crippen LogP contribution in [0.15, 0.2) is 61.2 Å². The summed E-state index contributed by atoms with van der Waals surface area (Å²) in [5, 5.41) is 0. The van der Waals surface area contributed by atoms with Crippen molar-refractivity contribution in [2.45, 2.75) is 44.1 Å². The van der Waals surface area contributed by atoms with Gasteiger partial charge in [-0.05, 0) is 19.4 Å². The van der Waals surface area contributed by atoms with Crippen LogP contribution < -0.4 is 0 Å².